The molecular formula is C17H27ClN2O3. The van der Waals surface area contributed by atoms with E-state index in [0.29, 0.717) is 19.6 Å². The first-order valence-corrected chi connectivity index (χ1v) is 7.73. The minimum Gasteiger partial charge on any atom is -0.497 e. The standard InChI is InChI=1S/C17H26N2O3.ClH/c1-17(2,13-4-6-15(21-3)7-5-13)12-19-16(20)10-14-11-22-9-8-18-14;/h4-7,14,18H,8-12H2,1-3H3,(H,19,20);1H. The van der Waals surface area contributed by atoms with Crippen molar-refractivity contribution in [3.05, 3.63) is 29.8 Å². The van der Waals surface area contributed by atoms with Gasteiger partial charge in [-0.3, -0.25) is 4.79 Å². The van der Waals surface area contributed by atoms with Crippen molar-refractivity contribution in [2.45, 2.75) is 31.7 Å². The molecule has 1 saturated heterocycles. The molecule has 1 aromatic carbocycles. The van der Waals surface area contributed by atoms with E-state index in [9.17, 15) is 4.79 Å². The van der Waals surface area contributed by atoms with Gasteiger partial charge in [0.15, 0.2) is 0 Å². The fraction of sp³-hybridized carbons (Fsp3) is 0.588. The zero-order valence-corrected chi connectivity index (χ0v) is 14.9. The minimum absolute atomic E-state index is 0. The largest absolute Gasteiger partial charge is 0.497 e. The van der Waals surface area contributed by atoms with Crippen molar-refractivity contribution >= 4 is 18.3 Å². The van der Waals surface area contributed by atoms with Crippen molar-refractivity contribution in [2.24, 2.45) is 0 Å². The summed E-state index contributed by atoms with van der Waals surface area (Å²) in [5.41, 5.74) is 1.05. The van der Waals surface area contributed by atoms with Gasteiger partial charge in [0.1, 0.15) is 5.75 Å². The lowest BCUT2D eigenvalue weighted by atomic mass is 9.84. The summed E-state index contributed by atoms with van der Waals surface area (Å²) in [6, 6.07) is 8.10. The van der Waals surface area contributed by atoms with Crippen LogP contribution in [0.4, 0.5) is 0 Å². The minimum atomic E-state index is -0.127. The molecule has 0 radical (unpaired) electrons. The third-order valence-corrected chi connectivity index (χ3v) is 4.03. The normalized spacial score (nSPS) is 18.0. The molecule has 2 N–H and O–H groups in total. The van der Waals surface area contributed by atoms with Gasteiger partial charge in [0, 0.05) is 31.0 Å². The highest BCUT2D eigenvalue weighted by Crippen LogP contribution is 2.24. The van der Waals surface area contributed by atoms with Crippen LogP contribution in [0.1, 0.15) is 25.8 Å². The summed E-state index contributed by atoms with van der Waals surface area (Å²) in [4.78, 5) is 12.1. The number of hydrogen-bond donors (Lipinski definition) is 2. The molecule has 0 bridgehead atoms. The molecule has 1 unspecified atom stereocenters. The molecule has 6 heteroatoms. The molecule has 130 valence electrons. The number of amides is 1. The van der Waals surface area contributed by atoms with Crippen LogP contribution >= 0.6 is 12.4 Å². The third kappa shape index (κ3) is 6.01. The number of carbonyl (C=O) groups excluding carboxylic acids is 1. The van der Waals surface area contributed by atoms with Crippen molar-refractivity contribution in [3.63, 3.8) is 0 Å². The summed E-state index contributed by atoms with van der Waals surface area (Å²) >= 11 is 0. The predicted molar refractivity (Wildman–Crippen MR) is 93.5 cm³/mol. The van der Waals surface area contributed by atoms with Gasteiger partial charge in [0.2, 0.25) is 5.91 Å². The summed E-state index contributed by atoms with van der Waals surface area (Å²) in [5.74, 6) is 0.900. The molecular weight excluding hydrogens is 316 g/mol. The molecule has 1 fully saturated rings. The lowest BCUT2D eigenvalue weighted by Gasteiger charge is -2.27. The SMILES string of the molecule is COc1ccc(C(C)(C)CNC(=O)CC2COCCN2)cc1.Cl. The van der Waals surface area contributed by atoms with Crippen LogP contribution in [-0.4, -0.2) is 45.4 Å². The van der Waals surface area contributed by atoms with Crippen molar-refractivity contribution in [3.8, 4) is 5.75 Å². The van der Waals surface area contributed by atoms with Crippen molar-refractivity contribution in [2.75, 3.05) is 33.4 Å². The molecule has 5 nitrogen and oxygen atoms in total. The average molecular weight is 343 g/mol. The zero-order valence-electron chi connectivity index (χ0n) is 14.1. The Hall–Kier alpha value is -1.30. The van der Waals surface area contributed by atoms with Crippen LogP contribution in [0.25, 0.3) is 0 Å². The van der Waals surface area contributed by atoms with Gasteiger partial charge in [-0.1, -0.05) is 26.0 Å². The Balaban J connectivity index is 0.00000264. The van der Waals surface area contributed by atoms with Crippen LogP contribution in [-0.2, 0) is 14.9 Å². The molecule has 1 aromatic rings. The Bertz CT molecular complexity index is 485. The summed E-state index contributed by atoms with van der Waals surface area (Å²) in [7, 11) is 1.66. The maximum Gasteiger partial charge on any atom is 0.221 e. The number of methoxy groups -OCH3 is 1. The van der Waals surface area contributed by atoms with Crippen molar-refractivity contribution in [1.29, 1.82) is 0 Å². The van der Waals surface area contributed by atoms with E-state index in [4.69, 9.17) is 9.47 Å². The third-order valence-electron chi connectivity index (χ3n) is 4.03. The van der Waals surface area contributed by atoms with E-state index in [2.05, 4.69) is 24.5 Å². The van der Waals surface area contributed by atoms with Crippen LogP contribution < -0.4 is 15.4 Å². The van der Waals surface area contributed by atoms with Gasteiger partial charge in [-0.2, -0.15) is 0 Å². The summed E-state index contributed by atoms with van der Waals surface area (Å²) < 4.78 is 10.5. The van der Waals surface area contributed by atoms with Crippen LogP contribution in [0, 0.1) is 0 Å². The highest BCUT2D eigenvalue weighted by Gasteiger charge is 2.23. The number of nitrogens with one attached hydrogen (secondary N) is 2. The van der Waals surface area contributed by atoms with Crippen LogP contribution in [0.5, 0.6) is 5.75 Å². The van der Waals surface area contributed by atoms with Crippen LogP contribution in [0.3, 0.4) is 0 Å². The van der Waals surface area contributed by atoms with Gasteiger partial charge in [0.25, 0.3) is 0 Å². The van der Waals surface area contributed by atoms with Crippen LogP contribution in [0.15, 0.2) is 24.3 Å². The Morgan fingerprint density at radius 2 is 2.09 bits per heavy atom. The molecule has 1 atom stereocenters. The van der Waals surface area contributed by atoms with E-state index < -0.39 is 0 Å². The number of hydrogen-bond acceptors (Lipinski definition) is 4. The second kappa shape index (κ2) is 9.11. The molecule has 1 aliphatic rings. The Morgan fingerprint density at radius 3 is 2.65 bits per heavy atom. The second-order valence-corrected chi connectivity index (χ2v) is 6.32. The van der Waals surface area contributed by atoms with Crippen LogP contribution in [0.2, 0.25) is 0 Å². The number of rotatable bonds is 6. The Labute approximate surface area is 144 Å². The smallest absolute Gasteiger partial charge is 0.221 e. The first-order chi connectivity index (χ1) is 10.5. The molecule has 0 saturated carbocycles. The monoisotopic (exact) mass is 342 g/mol. The molecule has 0 spiro atoms. The predicted octanol–water partition coefficient (Wildman–Crippen LogP) is 1.89. The lowest BCUT2D eigenvalue weighted by Crippen LogP contribution is -2.45. The maximum atomic E-state index is 12.1. The van der Waals surface area contributed by atoms with Crippen molar-refractivity contribution < 1.29 is 14.3 Å². The molecule has 1 heterocycles. The molecule has 0 aliphatic carbocycles. The lowest BCUT2D eigenvalue weighted by molar-refractivity contribution is -0.122. The number of carbonyl (C=O) groups is 1. The number of benzene rings is 1. The van der Waals surface area contributed by atoms with E-state index >= 15 is 0 Å². The van der Waals surface area contributed by atoms with Gasteiger partial charge in [-0.15, -0.1) is 12.4 Å². The van der Waals surface area contributed by atoms with E-state index in [-0.39, 0.29) is 29.8 Å². The quantitative estimate of drug-likeness (QED) is 0.829. The topological polar surface area (TPSA) is 59.6 Å². The molecule has 2 rings (SSSR count). The Morgan fingerprint density at radius 1 is 1.39 bits per heavy atom. The first-order valence-electron chi connectivity index (χ1n) is 7.73. The summed E-state index contributed by atoms with van der Waals surface area (Å²) in [6.45, 7) is 6.99. The first kappa shape index (κ1) is 19.7. The van der Waals surface area contributed by atoms with E-state index in [1.165, 1.54) is 5.56 Å². The molecule has 1 aliphatic heterocycles. The number of ether oxygens (including phenoxy) is 2. The van der Waals surface area contributed by atoms with Gasteiger partial charge in [-0.05, 0) is 17.7 Å². The Kier molecular flexibility index (Phi) is 7.82. The number of morpholine rings is 1. The molecule has 1 amide bonds. The summed E-state index contributed by atoms with van der Waals surface area (Å²) in [5, 5.41) is 6.32. The molecule has 23 heavy (non-hydrogen) atoms. The van der Waals surface area contributed by atoms with Gasteiger partial charge in [-0.25, -0.2) is 0 Å². The summed E-state index contributed by atoms with van der Waals surface area (Å²) in [6.07, 6.45) is 0.457. The van der Waals surface area contributed by atoms with Crippen molar-refractivity contribution in [1.82, 2.24) is 10.6 Å². The highest BCUT2D eigenvalue weighted by molar-refractivity contribution is 5.85. The zero-order chi connectivity index (χ0) is 16.0. The second-order valence-electron chi connectivity index (χ2n) is 6.32. The fourth-order valence-electron chi connectivity index (χ4n) is 2.51. The fourth-order valence-corrected chi connectivity index (χ4v) is 2.51. The number of halogens is 1. The van der Waals surface area contributed by atoms with Gasteiger partial charge >= 0.3 is 0 Å². The van der Waals surface area contributed by atoms with E-state index in [1.54, 1.807) is 7.11 Å². The van der Waals surface area contributed by atoms with Gasteiger partial charge < -0.3 is 20.1 Å². The highest BCUT2D eigenvalue weighted by atomic mass is 35.5. The average Bonchev–Trinajstić information content (AvgIpc) is 2.54. The van der Waals surface area contributed by atoms with Gasteiger partial charge in [0.05, 0.1) is 20.3 Å². The van der Waals surface area contributed by atoms with E-state index in [1.807, 2.05) is 24.3 Å². The molecule has 0 aromatic heterocycles. The van der Waals surface area contributed by atoms with E-state index in [0.717, 1.165) is 18.9 Å². The maximum absolute atomic E-state index is 12.1.